The van der Waals surface area contributed by atoms with Crippen LogP contribution in [0.4, 0.5) is 0 Å². The fourth-order valence-corrected chi connectivity index (χ4v) is 16.9. The maximum absolute atomic E-state index is 2.42. The van der Waals surface area contributed by atoms with E-state index in [1.54, 1.807) is 0 Å². The molecule has 10 fully saturated rings. The van der Waals surface area contributed by atoms with Gasteiger partial charge in [-0.15, -0.1) is 0 Å². The highest BCUT2D eigenvalue weighted by molar-refractivity contribution is 4.84. The summed E-state index contributed by atoms with van der Waals surface area (Å²) in [6.07, 6.45) is 42.2. The molecule has 12 unspecified atom stereocenters. The highest BCUT2D eigenvalue weighted by Crippen LogP contribution is 2.45. The van der Waals surface area contributed by atoms with Crippen molar-refractivity contribution in [1.82, 2.24) is 0 Å². The molecule has 0 heteroatoms. The van der Waals surface area contributed by atoms with E-state index in [-0.39, 0.29) is 0 Å². The molecule has 0 nitrogen and oxygen atoms in total. The van der Waals surface area contributed by atoms with E-state index in [9.17, 15) is 0 Å². The Morgan fingerprint density at radius 3 is 0.713 bits per heavy atom. The third-order valence-corrected chi connectivity index (χ3v) is 26.0. The van der Waals surface area contributed by atoms with Gasteiger partial charge in [0.2, 0.25) is 0 Å². The van der Waals surface area contributed by atoms with Crippen molar-refractivity contribution in [3.63, 3.8) is 0 Å². The summed E-state index contributed by atoms with van der Waals surface area (Å²) in [6, 6.07) is 0. The standard InChI is InChI=1S/10C8H16/c2*1-6-4-7(2)8(3)5-6;2*1-7-4-5-8(2,3)6-7;2*1-7-5-4-6-8(7,2)3;2*1-6-4-5-7(2)8(6)3;1-3-8(2)6-4-5-7-8;1-3-8-6-4-5-7(8)2/h2*6-8H,4-5H2,1-3H3;4*7H,4-6H2,1-3H3;2*6-8H,4-5H2,1-3H3;3-7H2,1-2H3;7-8H,3-6H2,1-2H3/t6?,7-,8?;;7-;;7-;;;;;/m0.0.0...../s1. The van der Waals surface area contributed by atoms with E-state index >= 15 is 0 Å². The van der Waals surface area contributed by atoms with Gasteiger partial charge in [0.25, 0.3) is 0 Å². The van der Waals surface area contributed by atoms with Crippen molar-refractivity contribution in [3.05, 3.63) is 0 Å². The van der Waals surface area contributed by atoms with Gasteiger partial charge in [0.15, 0.2) is 0 Å². The van der Waals surface area contributed by atoms with Crippen molar-refractivity contribution >= 4 is 0 Å². The van der Waals surface area contributed by atoms with Crippen LogP contribution in [-0.2, 0) is 0 Å². The Hall–Kier alpha value is 0. The molecule has 10 aliphatic carbocycles. The predicted molar refractivity (Wildman–Crippen MR) is 368 cm³/mol. The molecule has 480 valence electrons. The smallest absolute Gasteiger partial charge is 0.0328 e. The second-order valence-corrected chi connectivity index (χ2v) is 35.9. The SMILES string of the molecule is CC1CC(C)C(C)C1.CC1CC(C)[C@@H](C)C1.CC1CCC(C)(C)C1.CC1CCC(C)C1C.CC1CCC(C)C1C.CC1CCCC1(C)C.CCC1(C)CCCC1.CCC1CCCC1C.C[C@H]1CCC(C)(C)C1.C[C@H]1CCCC1(C)C. The Labute approximate surface area is 511 Å². The quantitative estimate of drug-likeness (QED) is 0.259. The Morgan fingerprint density at radius 2 is 0.613 bits per heavy atom. The third kappa shape index (κ3) is 31.1. The molecule has 10 aliphatic rings. The molecule has 0 saturated heterocycles. The summed E-state index contributed by atoms with van der Waals surface area (Å²) in [4.78, 5) is 0. The van der Waals surface area contributed by atoms with Crippen LogP contribution in [0.5, 0.6) is 0 Å². The Morgan fingerprint density at radius 1 is 0.287 bits per heavy atom. The van der Waals surface area contributed by atoms with Crippen LogP contribution < -0.4 is 0 Å². The topological polar surface area (TPSA) is 0 Å². The molecule has 0 N–H and O–H groups in total. The Kier molecular flexibility index (Phi) is 36.7. The summed E-state index contributed by atoms with van der Waals surface area (Å²) in [6.45, 7) is 66.3. The lowest BCUT2D eigenvalue weighted by Crippen LogP contribution is -2.13. The maximum atomic E-state index is 2.42. The Bertz CT molecular complexity index is 1380. The van der Waals surface area contributed by atoms with E-state index < -0.39 is 0 Å². The van der Waals surface area contributed by atoms with Crippen molar-refractivity contribution in [3.8, 4) is 0 Å². The summed E-state index contributed by atoms with van der Waals surface area (Å²) in [7, 11) is 0. The molecule has 0 aromatic carbocycles. The minimum atomic E-state index is 0.653. The van der Waals surface area contributed by atoms with E-state index in [1.807, 2.05) is 0 Å². The average Bonchev–Trinajstić information content (AvgIpc) is 4.30. The lowest BCUT2D eigenvalue weighted by molar-refractivity contribution is 0.281. The van der Waals surface area contributed by atoms with Gasteiger partial charge in [-0.05, 0) is 211 Å². The predicted octanol–water partition coefficient (Wildman–Crippen LogP) is 27.9. The zero-order valence-corrected chi connectivity index (χ0v) is 61.4. The first-order chi connectivity index (χ1) is 36.9. The van der Waals surface area contributed by atoms with Gasteiger partial charge in [-0.1, -0.05) is 303 Å². The summed E-state index contributed by atoms with van der Waals surface area (Å²) >= 11 is 0. The van der Waals surface area contributed by atoms with E-state index in [2.05, 4.69) is 194 Å². The summed E-state index contributed by atoms with van der Waals surface area (Å²) in [5.74, 6) is 17.9. The van der Waals surface area contributed by atoms with E-state index in [4.69, 9.17) is 0 Å². The highest BCUT2D eigenvalue weighted by Gasteiger charge is 2.33. The monoisotopic (exact) mass is 1120 g/mol. The zero-order chi connectivity index (χ0) is 61.4. The second kappa shape index (κ2) is 37.6. The van der Waals surface area contributed by atoms with Crippen LogP contribution in [0.25, 0.3) is 0 Å². The van der Waals surface area contributed by atoms with E-state index in [0.29, 0.717) is 21.7 Å². The van der Waals surface area contributed by atoms with Crippen molar-refractivity contribution in [2.75, 3.05) is 0 Å². The molecule has 0 heterocycles. The average molecular weight is 1120 g/mol. The van der Waals surface area contributed by atoms with Crippen LogP contribution >= 0.6 is 0 Å². The van der Waals surface area contributed by atoms with Gasteiger partial charge in [-0.2, -0.15) is 0 Å². The van der Waals surface area contributed by atoms with E-state index in [0.717, 1.165) is 112 Å². The first-order valence-corrected chi connectivity index (χ1v) is 36.9. The van der Waals surface area contributed by atoms with Gasteiger partial charge in [0.1, 0.15) is 0 Å². The molecule has 10 rings (SSSR count). The number of hydrogen-bond donors (Lipinski definition) is 0. The van der Waals surface area contributed by atoms with Gasteiger partial charge in [-0.25, -0.2) is 0 Å². The minimum Gasteiger partial charge on any atom is -0.0651 e. The van der Waals surface area contributed by atoms with Crippen LogP contribution in [0, 0.1) is 134 Å². The summed E-state index contributed by atoms with van der Waals surface area (Å²) < 4.78 is 0. The Balaban J connectivity index is 0.000000444. The lowest BCUT2D eigenvalue weighted by atomic mass is 9.83. The molecule has 15 atom stereocenters. The van der Waals surface area contributed by atoms with Crippen LogP contribution in [0.3, 0.4) is 0 Å². The molecule has 10 saturated carbocycles. The molecule has 0 aromatic rings. The largest absolute Gasteiger partial charge is 0.0651 e. The van der Waals surface area contributed by atoms with Crippen LogP contribution in [0.1, 0.15) is 380 Å². The highest BCUT2D eigenvalue weighted by atomic mass is 14.4. The maximum Gasteiger partial charge on any atom is -0.0328 e. The molecular formula is C80H160. The summed E-state index contributed by atoms with van der Waals surface area (Å²) in [5.41, 5.74) is 3.37. The fraction of sp³-hybridized carbons (Fsp3) is 1.00. The van der Waals surface area contributed by atoms with Crippen molar-refractivity contribution in [2.24, 2.45) is 134 Å². The van der Waals surface area contributed by atoms with Gasteiger partial charge in [0.05, 0.1) is 0 Å². The lowest BCUT2D eigenvalue weighted by Gasteiger charge is -2.22. The first kappa shape index (κ1) is 78.0. The van der Waals surface area contributed by atoms with Crippen molar-refractivity contribution in [1.29, 1.82) is 0 Å². The van der Waals surface area contributed by atoms with Crippen molar-refractivity contribution < 1.29 is 0 Å². The van der Waals surface area contributed by atoms with Crippen molar-refractivity contribution in [2.45, 2.75) is 380 Å². The van der Waals surface area contributed by atoms with Crippen LogP contribution in [-0.4, -0.2) is 0 Å². The third-order valence-electron chi connectivity index (χ3n) is 26.0. The molecule has 0 amide bonds. The van der Waals surface area contributed by atoms with Gasteiger partial charge in [0, 0.05) is 0 Å². The van der Waals surface area contributed by atoms with Gasteiger partial charge in [-0.3, -0.25) is 0 Å². The minimum absolute atomic E-state index is 0.653. The first-order valence-electron chi connectivity index (χ1n) is 36.9. The molecular weight excluding hydrogens is 961 g/mol. The second-order valence-electron chi connectivity index (χ2n) is 35.9. The normalized spacial score (nSPS) is 39.8. The molecule has 0 spiro atoms. The zero-order valence-electron chi connectivity index (χ0n) is 61.4. The molecule has 0 bridgehead atoms. The van der Waals surface area contributed by atoms with Crippen LogP contribution in [0.15, 0.2) is 0 Å². The number of rotatable bonds is 2. The van der Waals surface area contributed by atoms with Crippen LogP contribution in [0.2, 0.25) is 0 Å². The molecule has 0 aromatic heterocycles. The van der Waals surface area contributed by atoms with E-state index in [1.165, 1.54) is 186 Å². The molecule has 0 aliphatic heterocycles. The van der Waals surface area contributed by atoms with Gasteiger partial charge >= 0.3 is 0 Å². The fourth-order valence-electron chi connectivity index (χ4n) is 16.9. The number of hydrogen-bond acceptors (Lipinski definition) is 0. The molecule has 0 radical (unpaired) electrons. The van der Waals surface area contributed by atoms with Gasteiger partial charge < -0.3 is 0 Å². The summed E-state index contributed by atoms with van der Waals surface area (Å²) in [5, 5.41) is 0. The molecule has 80 heavy (non-hydrogen) atoms.